The molecule has 1 rings (SSSR count). The molecule has 0 aliphatic heterocycles. The molecule has 0 atom stereocenters. The summed E-state index contributed by atoms with van der Waals surface area (Å²) < 4.78 is 26.0. The number of rotatable bonds is 7. The third-order valence-corrected chi connectivity index (χ3v) is 5.19. The van der Waals surface area contributed by atoms with Crippen LogP contribution >= 0.6 is 0 Å². The normalized spacial score (nSPS) is 13.4. The molecule has 1 N–H and O–H groups in total. The maximum atomic E-state index is 12.3. The highest BCUT2D eigenvalue weighted by molar-refractivity contribution is 7.89. The van der Waals surface area contributed by atoms with E-state index >= 15 is 0 Å². The Morgan fingerprint density at radius 2 is 1.65 bits per heavy atom. The molecular formula is C15H21N3O4S. The fourth-order valence-electron chi connectivity index (χ4n) is 1.90. The Morgan fingerprint density at radius 1 is 1.13 bits per heavy atom. The molecule has 0 heterocycles. The largest absolute Gasteiger partial charge is 0.510 e. The quantitative estimate of drug-likeness (QED) is 0.468. The average molecular weight is 339 g/mol. The third-order valence-electron chi connectivity index (χ3n) is 3.12. The molecule has 0 amide bonds. The van der Waals surface area contributed by atoms with Crippen LogP contribution in [-0.2, 0) is 14.8 Å². The second-order valence-electron chi connectivity index (χ2n) is 4.77. The predicted molar refractivity (Wildman–Crippen MR) is 87.1 cm³/mol. The number of benzene rings is 1. The number of carbonyl (C=O) groups is 1. The van der Waals surface area contributed by atoms with Gasteiger partial charge in [-0.2, -0.15) is 9.42 Å². The van der Waals surface area contributed by atoms with Crippen molar-refractivity contribution in [2.75, 3.05) is 13.1 Å². The number of ketones is 1. The Balaban J connectivity index is 3.07. The van der Waals surface area contributed by atoms with Crippen LogP contribution in [0.15, 0.2) is 50.8 Å². The molecule has 0 aliphatic carbocycles. The highest BCUT2D eigenvalue weighted by Crippen LogP contribution is 2.21. The van der Waals surface area contributed by atoms with Crippen LogP contribution in [0.3, 0.4) is 0 Å². The van der Waals surface area contributed by atoms with E-state index in [2.05, 4.69) is 10.2 Å². The summed E-state index contributed by atoms with van der Waals surface area (Å²) >= 11 is 0. The number of allylic oxidation sites excluding steroid dienone is 2. The van der Waals surface area contributed by atoms with E-state index in [0.717, 1.165) is 0 Å². The summed E-state index contributed by atoms with van der Waals surface area (Å²) in [5.74, 6) is -0.628. The van der Waals surface area contributed by atoms with Gasteiger partial charge in [0.1, 0.15) is 5.76 Å². The second-order valence-corrected chi connectivity index (χ2v) is 6.71. The molecule has 126 valence electrons. The minimum atomic E-state index is -3.52. The second kappa shape index (κ2) is 7.98. The van der Waals surface area contributed by atoms with Gasteiger partial charge in [0.05, 0.1) is 10.6 Å². The van der Waals surface area contributed by atoms with Gasteiger partial charge in [-0.25, -0.2) is 8.42 Å². The average Bonchev–Trinajstić information content (AvgIpc) is 2.48. The maximum Gasteiger partial charge on any atom is 0.243 e. The fraction of sp³-hybridized carbons (Fsp3) is 0.400. The van der Waals surface area contributed by atoms with Gasteiger partial charge in [-0.05, 0) is 31.2 Å². The Kier molecular flexibility index (Phi) is 6.59. The first-order valence-corrected chi connectivity index (χ1v) is 8.60. The van der Waals surface area contributed by atoms with E-state index in [1.165, 1.54) is 42.4 Å². The number of hydrogen-bond acceptors (Lipinski definition) is 6. The summed E-state index contributed by atoms with van der Waals surface area (Å²) in [6, 6.07) is 5.85. The van der Waals surface area contributed by atoms with Crippen LogP contribution in [0.4, 0.5) is 5.69 Å². The number of aliphatic hydroxyl groups excluding tert-OH is 1. The first kappa shape index (κ1) is 19.0. The van der Waals surface area contributed by atoms with Crippen LogP contribution in [-0.4, -0.2) is 36.7 Å². The predicted octanol–water partition coefficient (Wildman–Crippen LogP) is 3.18. The Hall–Kier alpha value is -2.06. The number of aliphatic hydroxyl groups is 1. The first-order chi connectivity index (χ1) is 10.7. The molecule has 0 spiro atoms. The SMILES string of the molecule is CCN(CC)S(=O)(=O)c1ccc(N=N/C(C(C)=O)=C(\C)O)cc1. The monoisotopic (exact) mass is 339 g/mol. The third kappa shape index (κ3) is 4.70. The van der Waals surface area contributed by atoms with Gasteiger partial charge in [-0.15, -0.1) is 5.11 Å². The van der Waals surface area contributed by atoms with E-state index in [1.807, 2.05) is 0 Å². The van der Waals surface area contributed by atoms with Crippen molar-refractivity contribution in [2.24, 2.45) is 10.2 Å². The molecule has 23 heavy (non-hydrogen) atoms. The zero-order valence-corrected chi connectivity index (χ0v) is 14.5. The Morgan fingerprint density at radius 3 is 2.04 bits per heavy atom. The number of hydrogen-bond donors (Lipinski definition) is 1. The van der Waals surface area contributed by atoms with Crippen molar-refractivity contribution in [2.45, 2.75) is 32.6 Å². The molecule has 0 saturated heterocycles. The van der Waals surface area contributed by atoms with Gasteiger partial charge in [-0.3, -0.25) is 4.79 Å². The molecule has 8 heteroatoms. The van der Waals surface area contributed by atoms with E-state index in [9.17, 15) is 18.3 Å². The van der Waals surface area contributed by atoms with E-state index < -0.39 is 15.8 Å². The number of nitrogens with zero attached hydrogens (tertiary/aromatic N) is 3. The van der Waals surface area contributed by atoms with Crippen LogP contribution in [0.1, 0.15) is 27.7 Å². The van der Waals surface area contributed by atoms with Crippen LogP contribution < -0.4 is 0 Å². The molecule has 1 aromatic carbocycles. The van der Waals surface area contributed by atoms with Crippen LogP contribution in [0.5, 0.6) is 0 Å². The molecule has 0 aromatic heterocycles. The minimum Gasteiger partial charge on any atom is -0.510 e. The van der Waals surface area contributed by atoms with Gasteiger partial charge < -0.3 is 5.11 Å². The highest BCUT2D eigenvalue weighted by Gasteiger charge is 2.21. The van der Waals surface area contributed by atoms with Crippen molar-refractivity contribution in [3.8, 4) is 0 Å². The van der Waals surface area contributed by atoms with Gasteiger partial charge in [0.15, 0.2) is 11.5 Å². The highest BCUT2D eigenvalue weighted by atomic mass is 32.2. The van der Waals surface area contributed by atoms with Gasteiger partial charge in [0.2, 0.25) is 10.0 Å². The lowest BCUT2D eigenvalue weighted by Crippen LogP contribution is -2.30. The Labute approximate surface area is 136 Å². The molecule has 0 saturated carbocycles. The van der Waals surface area contributed by atoms with Crippen molar-refractivity contribution in [1.82, 2.24) is 4.31 Å². The number of azo groups is 1. The summed E-state index contributed by atoms with van der Waals surface area (Å²) in [5, 5.41) is 16.9. The topological polar surface area (TPSA) is 99.4 Å². The molecule has 0 radical (unpaired) electrons. The fourth-order valence-corrected chi connectivity index (χ4v) is 3.36. The summed E-state index contributed by atoms with van der Waals surface area (Å²) in [6.07, 6.45) is 0. The van der Waals surface area contributed by atoms with Crippen molar-refractivity contribution < 1.29 is 18.3 Å². The van der Waals surface area contributed by atoms with Crippen LogP contribution in [0.2, 0.25) is 0 Å². The van der Waals surface area contributed by atoms with Gasteiger partial charge >= 0.3 is 0 Å². The number of Topliss-reactive ketones (excluding diaryl/α,β-unsaturated/α-hetero) is 1. The van der Waals surface area contributed by atoms with Crippen molar-refractivity contribution in [3.05, 3.63) is 35.7 Å². The lowest BCUT2D eigenvalue weighted by atomic mass is 10.3. The Bertz CT molecular complexity index is 714. The standard InChI is InChI=1S/C15H21N3O4S/c1-5-18(6-2)23(21,22)14-9-7-13(8-10-14)16-17-15(11(3)19)12(4)20/h7-10,19H,5-6H2,1-4H3/b15-11+,17-16?. The minimum absolute atomic E-state index is 0.134. The van der Waals surface area contributed by atoms with Crippen LogP contribution in [0.25, 0.3) is 0 Å². The van der Waals surface area contributed by atoms with Crippen molar-refractivity contribution >= 4 is 21.5 Å². The van der Waals surface area contributed by atoms with Crippen LogP contribution in [0, 0.1) is 0 Å². The van der Waals surface area contributed by atoms with Gasteiger partial charge in [-0.1, -0.05) is 13.8 Å². The van der Waals surface area contributed by atoms with Crippen molar-refractivity contribution in [3.63, 3.8) is 0 Å². The molecule has 0 fully saturated rings. The molecule has 1 aromatic rings. The molecule has 0 bridgehead atoms. The van der Waals surface area contributed by atoms with Crippen molar-refractivity contribution in [1.29, 1.82) is 0 Å². The molecular weight excluding hydrogens is 318 g/mol. The first-order valence-electron chi connectivity index (χ1n) is 7.16. The lowest BCUT2D eigenvalue weighted by molar-refractivity contribution is -0.113. The van der Waals surface area contributed by atoms with E-state index in [4.69, 9.17) is 0 Å². The lowest BCUT2D eigenvalue weighted by Gasteiger charge is -2.18. The molecule has 0 aliphatic rings. The summed E-state index contributed by atoms with van der Waals surface area (Å²) in [5.41, 5.74) is 0.244. The zero-order valence-electron chi connectivity index (χ0n) is 13.6. The van der Waals surface area contributed by atoms with Gasteiger partial charge in [0, 0.05) is 20.0 Å². The molecule has 7 nitrogen and oxygen atoms in total. The zero-order chi connectivity index (χ0) is 17.6. The number of sulfonamides is 1. The van der Waals surface area contributed by atoms with E-state index in [-0.39, 0.29) is 16.4 Å². The smallest absolute Gasteiger partial charge is 0.243 e. The summed E-state index contributed by atoms with van der Waals surface area (Å²) in [6.45, 7) is 6.95. The van der Waals surface area contributed by atoms with E-state index in [1.54, 1.807) is 13.8 Å². The van der Waals surface area contributed by atoms with E-state index in [0.29, 0.717) is 18.8 Å². The maximum absolute atomic E-state index is 12.3. The van der Waals surface area contributed by atoms with Gasteiger partial charge in [0.25, 0.3) is 0 Å². The number of carbonyl (C=O) groups excluding carboxylic acids is 1. The summed E-state index contributed by atoms with van der Waals surface area (Å²) in [7, 11) is -3.52. The summed E-state index contributed by atoms with van der Waals surface area (Å²) in [4.78, 5) is 11.4. The molecule has 0 unspecified atom stereocenters.